The molecule has 0 bridgehead atoms. The molecule has 104 valence electrons. The molecular weight excluding hydrogens is 309 g/mol. The second kappa shape index (κ2) is 6.51. The van der Waals surface area contributed by atoms with Crippen molar-refractivity contribution in [3.63, 3.8) is 0 Å². The molecule has 0 aromatic heterocycles. The summed E-state index contributed by atoms with van der Waals surface area (Å²) in [4.78, 5) is 12.0. The highest BCUT2D eigenvalue weighted by Crippen LogP contribution is 2.29. The minimum Gasteiger partial charge on any atom is -0.352 e. The third kappa shape index (κ3) is 3.78. The summed E-state index contributed by atoms with van der Waals surface area (Å²) in [5.74, 6) is 0.364. The Bertz CT molecular complexity index is 463. The van der Waals surface area contributed by atoms with E-state index in [9.17, 15) is 9.18 Å². The summed E-state index contributed by atoms with van der Waals surface area (Å²) in [7, 11) is 0. The third-order valence-corrected chi connectivity index (χ3v) is 4.48. The van der Waals surface area contributed by atoms with Gasteiger partial charge in [0.15, 0.2) is 0 Å². The Hall–Kier alpha value is -0.900. The van der Waals surface area contributed by atoms with E-state index in [1.54, 1.807) is 6.07 Å². The molecule has 1 amide bonds. The van der Waals surface area contributed by atoms with Crippen LogP contribution in [0.2, 0.25) is 0 Å². The molecule has 2 unspecified atom stereocenters. The first kappa shape index (κ1) is 14.5. The van der Waals surface area contributed by atoms with E-state index >= 15 is 0 Å². The van der Waals surface area contributed by atoms with Crippen molar-refractivity contribution >= 4 is 21.8 Å². The standard InChI is InChI=1S/C15H19BrFNO/c1-10-4-2-3-5-11(10)9-18-15(19)13-8-12(16)6-7-14(13)17/h6-8,10-11H,2-5,9H2,1H3,(H,18,19). The fourth-order valence-electron chi connectivity index (χ4n) is 2.69. The van der Waals surface area contributed by atoms with Crippen LogP contribution in [0.15, 0.2) is 22.7 Å². The second-order valence-electron chi connectivity index (χ2n) is 5.36. The van der Waals surface area contributed by atoms with Gasteiger partial charge in [-0.2, -0.15) is 0 Å². The average molecular weight is 328 g/mol. The van der Waals surface area contributed by atoms with Crippen molar-refractivity contribution in [3.05, 3.63) is 34.1 Å². The Morgan fingerprint density at radius 3 is 2.89 bits per heavy atom. The van der Waals surface area contributed by atoms with Gasteiger partial charge in [0, 0.05) is 11.0 Å². The predicted octanol–water partition coefficient (Wildman–Crippen LogP) is 4.14. The molecule has 1 N–H and O–H groups in total. The maximum Gasteiger partial charge on any atom is 0.254 e. The number of hydrogen-bond donors (Lipinski definition) is 1. The van der Waals surface area contributed by atoms with Crippen LogP contribution in [0.25, 0.3) is 0 Å². The highest BCUT2D eigenvalue weighted by atomic mass is 79.9. The number of carbonyl (C=O) groups is 1. The molecule has 1 aromatic carbocycles. The maximum absolute atomic E-state index is 13.6. The van der Waals surface area contributed by atoms with Crippen LogP contribution in [0.5, 0.6) is 0 Å². The first-order valence-electron chi connectivity index (χ1n) is 6.81. The minimum absolute atomic E-state index is 0.109. The number of amides is 1. The van der Waals surface area contributed by atoms with Crippen LogP contribution < -0.4 is 5.32 Å². The van der Waals surface area contributed by atoms with Crippen molar-refractivity contribution in [2.24, 2.45) is 11.8 Å². The molecule has 0 radical (unpaired) electrons. The molecule has 2 nitrogen and oxygen atoms in total. The summed E-state index contributed by atoms with van der Waals surface area (Å²) in [5.41, 5.74) is 0.109. The minimum atomic E-state index is -0.475. The van der Waals surface area contributed by atoms with Crippen LogP contribution in [0.3, 0.4) is 0 Å². The van der Waals surface area contributed by atoms with Gasteiger partial charge in [-0.3, -0.25) is 4.79 Å². The number of hydrogen-bond acceptors (Lipinski definition) is 1. The monoisotopic (exact) mass is 327 g/mol. The lowest BCUT2D eigenvalue weighted by molar-refractivity contribution is 0.0932. The van der Waals surface area contributed by atoms with Crippen molar-refractivity contribution in [2.45, 2.75) is 32.6 Å². The van der Waals surface area contributed by atoms with Crippen LogP contribution in [-0.2, 0) is 0 Å². The zero-order chi connectivity index (χ0) is 13.8. The van der Waals surface area contributed by atoms with Gasteiger partial charge in [-0.05, 0) is 36.5 Å². The summed E-state index contributed by atoms with van der Waals surface area (Å²) in [6.07, 6.45) is 4.90. The van der Waals surface area contributed by atoms with Crippen molar-refractivity contribution < 1.29 is 9.18 Å². The van der Waals surface area contributed by atoms with Gasteiger partial charge < -0.3 is 5.32 Å². The van der Waals surface area contributed by atoms with E-state index in [1.807, 2.05) is 0 Å². The lowest BCUT2D eigenvalue weighted by atomic mass is 9.80. The van der Waals surface area contributed by atoms with Crippen LogP contribution in [-0.4, -0.2) is 12.5 Å². The van der Waals surface area contributed by atoms with E-state index in [2.05, 4.69) is 28.2 Å². The summed E-state index contributed by atoms with van der Waals surface area (Å²) < 4.78 is 14.3. The van der Waals surface area contributed by atoms with Gasteiger partial charge in [0.25, 0.3) is 5.91 Å². The van der Waals surface area contributed by atoms with Crippen LogP contribution in [0, 0.1) is 17.7 Å². The second-order valence-corrected chi connectivity index (χ2v) is 6.27. The van der Waals surface area contributed by atoms with Crippen LogP contribution in [0.1, 0.15) is 43.0 Å². The smallest absolute Gasteiger partial charge is 0.254 e. The Labute approximate surface area is 121 Å². The van der Waals surface area contributed by atoms with Gasteiger partial charge in [0.1, 0.15) is 5.82 Å². The Balaban J connectivity index is 1.95. The number of benzene rings is 1. The Morgan fingerprint density at radius 2 is 2.16 bits per heavy atom. The van der Waals surface area contributed by atoms with E-state index in [1.165, 1.54) is 31.4 Å². The maximum atomic E-state index is 13.6. The van der Waals surface area contributed by atoms with Gasteiger partial charge >= 0.3 is 0 Å². The van der Waals surface area contributed by atoms with E-state index in [0.29, 0.717) is 22.9 Å². The molecule has 0 saturated heterocycles. The quantitative estimate of drug-likeness (QED) is 0.887. The number of carbonyl (C=O) groups excluding carboxylic acids is 1. The summed E-state index contributed by atoms with van der Waals surface area (Å²) >= 11 is 3.26. The Morgan fingerprint density at radius 1 is 1.42 bits per heavy atom. The van der Waals surface area contributed by atoms with Crippen molar-refractivity contribution in [1.82, 2.24) is 5.32 Å². The van der Waals surface area contributed by atoms with E-state index in [-0.39, 0.29) is 11.5 Å². The van der Waals surface area contributed by atoms with Gasteiger partial charge in [-0.15, -0.1) is 0 Å². The molecule has 0 heterocycles. The van der Waals surface area contributed by atoms with Crippen molar-refractivity contribution in [3.8, 4) is 0 Å². The molecule has 19 heavy (non-hydrogen) atoms. The first-order valence-corrected chi connectivity index (χ1v) is 7.60. The molecule has 1 aliphatic rings. The zero-order valence-corrected chi connectivity index (χ0v) is 12.7. The molecular formula is C15H19BrFNO. The molecule has 1 aromatic rings. The van der Waals surface area contributed by atoms with E-state index in [4.69, 9.17) is 0 Å². The average Bonchev–Trinajstić information content (AvgIpc) is 2.40. The van der Waals surface area contributed by atoms with Crippen LogP contribution >= 0.6 is 15.9 Å². The lowest BCUT2D eigenvalue weighted by Gasteiger charge is -2.28. The van der Waals surface area contributed by atoms with Crippen molar-refractivity contribution in [2.75, 3.05) is 6.54 Å². The van der Waals surface area contributed by atoms with Gasteiger partial charge in [-0.25, -0.2) is 4.39 Å². The summed E-state index contributed by atoms with van der Waals surface area (Å²) in [6.45, 7) is 2.88. The SMILES string of the molecule is CC1CCCCC1CNC(=O)c1cc(Br)ccc1F. The van der Waals surface area contributed by atoms with Gasteiger partial charge in [0.05, 0.1) is 5.56 Å². The van der Waals surface area contributed by atoms with Crippen LogP contribution in [0.4, 0.5) is 4.39 Å². The Kier molecular flexibility index (Phi) is 4.97. The largest absolute Gasteiger partial charge is 0.352 e. The van der Waals surface area contributed by atoms with E-state index in [0.717, 1.165) is 6.42 Å². The van der Waals surface area contributed by atoms with E-state index < -0.39 is 5.82 Å². The number of rotatable bonds is 3. The topological polar surface area (TPSA) is 29.1 Å². The highest BCUT2D eigenvalue weighted by molar-refractivity contribution is 9.10. The first-order chi connectivity index (χ1) is 9.08. The molecule has 4 heteroatoms. The predicted molar refractivity (Wildman–Crippen MR) is 77.6 cm³/mol. The highest BCUT2D eigenvalue weighted by Gasteiger charge is 2.22. The number of halogens is 2. The van der Waals surface area contributed by atoms with Crippen molar-refractivity contribution in [1.29, 1.82) is 0 Å². The molecule has 1 saturated carbocycles. The zero-order valence-electron chi connectivity index (χ0n) is 11.1. The third-order valence-electron chi connectivity index (χ3n) is 3.99. The fourth-order valence-corrected chi connectivity index (χ4v) is 3.05. The lowest BCUT2D eigenvalue weighted by Crippen LogP contribution is -2.33. The molecule has 2 rings (SSSR count). The molecule has 0 aliphatic heterocycles. The molecule has 0 spiro atoms. The summed E-state index contributed by atoms with van der Waals surface area (Å²) in [5, 5.41) is 2.87. The van der Waals surface area contributed by atoms with Gasteiger partial charge in [0.2, 0.25) is 0 Å². The molecule has 2 atom stereocenters. The number of nitrogens with one attached hydrogen (secondary N) is 1. The fraction of sp³-hybridized carbons (Fsp3) is 0.533. The van der Waals surface area contributed by atoms with Gasteiger partial charge in [-0.1, -0.05) is 42.1 Å². The molecule has 1 fully saturated rings. The molecule has 1 aliphatic carbocycles. The normalized spacial score (nSPS) is 23.1. The summed E-state index contributed by atoms with van der Waals surface area (Å²) in [6, 6.07) is 4.42.